The van der Waals surface area contributed by atoms with Crippen molar-refractivity contribution in [2.24, 2.45) is 0 Å². The van der Waals surface area contributed by atoms with Gasteiger partial charge in [0, 0.05) is 42.8 Å². The van der Waals surface area contributed by atoms with Crippen molar-refractivity contribution in [2.75, 3.05) is 31.2 Å². The fourth-order valence-electron chi connectivity index (χ4n) is 4.58. The Hall–Kier alpha value is -2.81. The zero-order valence-corrected chi connectivity index (χ0v) is 18.4. The van der Waals surface area contributed by atoms with E-state index in [1.165, 1.54) is 12.8 Å². The molecule has 1 atom stereocenters. The van der Waals surface area contributed by atoms with Crippen molar-refractivity contribution in [1.29, 1.82) is 0 Å². The first-order valence-electron chi connectivity index (χ1n) is 11.4. The highest BCUT2D eigenvalue weighted by Gasteiger charge is 2.22. The largest absolute Gasteiger partial charge is 0.378 e. The van der Waals surface area contributed by atoms with Gasteiger partial charge in [0.25, 0.3) is 0 Å². The molecule has 0 bridgehead atoms. The number of hydrogen-bond acceptors (Lipinski definition) is 7. The second kappa shape index (κ2) is 9.36. The van der Waals surface area contributed by atoms with E-state index in [0.29, 0.717) is 17.6 Å². The van der Waals surface area contributed by atoms with Gasteiger partial charge in [0.1, 0.15) is 17.6 Å². The lowest BCUT2D eigenvalue weighted by molar-refractivity contribution is 0.119. The number of pyridine rings is 2. The Morgan fingerprint density at radius 1 is 1.16 bits per heavy atom. The van der Waals surface area contributed by atoms with Crippen LogP contribution in [0.1, 0.15) is 43.3 Å². The molecule has 1 aliphatic carbocycles. The van der Waals surface area contributed by atoms with Crippen LogP contribution in [0.3, 0.4) is 0 Å². The first-order valence-corrected chi connectivity index (χ1v) is 11.4. The van der Waals surface area contributed by atoms with Gasteiger partial charge in [0.15, 0.2) is 5.82 Å². The fraction of sp³-hybridized carbons (Fsp3) is 0.458. The van der Waals surface area contributed by atoms with Crippen LogP contribution in [0.25, 0.3) is 22.6 Å². The summed E-state index contributed by atoms with van der Waals surface area (Å²) in [7, 11) is 0. The van der Waals surface area contributed by atoms with Gasteiger partial charge in [-0.15, -0.1) is 0 Å². The van der Waals surface area contributed by atoms with E-state index >= 15 is 0 Å². The summed E-state index contributed by atoms with van der Waals surface area (Å²) in [4.78, 5) is 19.3. The zero-order valence-electron chi connectivity index (χ0n) is 18.4. The summed E-state index contributed by atoms with van der Waals surface area (Å²) in [6.07, 6.45) is 9.43. The van der Waals surface area contributed by atoms with Crippen molar-refractivity contribution < 1.29 is 9.84 Å². The number of nitrogens with one attached hydrogen (secondary N) is 2. The number of imidazole rings is 1. The number of anilines is 1. The van der Waals surface area contributed by atoms with Crippen molar-refractivity contribution in [2.45, 2.75) is 44.9 Å². The number of nitrogens with zero attached hydrogens (tertiary/aromatic N) is 4. The fourth-order valence-corrected chi connectivity index (χ4v) is 4.58. The predicted octanol–water partition coefficient (Wildman–Crippen LogP) is 3.20. The van der Waals surface area contributed by atoms with Crippen LogP contribution in [0.4, 0.5) is 5.69 Å². The summed E-state index contributed by atoms with van der Waals surface area (Å²) >= 11 is 0. The highest BCUT2D eigenvalue weighted by molar-refractivity contribution is 5.70. The van der Waals surface area contributed by atoms with Crippen LogP contribution in [-0.4, -0.2) is 57.4 Å². The SMILES string of the molecule is Cc1[nH]c(-c2cc(-c3cncc(N4CCOCC4)c3)ccn2)nc1C(O)NC1CCCC1. The number of rotatable bonds is 6. The van der Waals surface area contributed by atoms with E-state index in [9.17, 15) is 5.11 Å². The molecule has 8 heteroatoms. The van der Waals surface area contributed by atoms with Crippen LogP contribution < -0.4 is 10.2 Å². The topological polar surface area (TPSA) is 99.2 Å². The molecule has 2 aliphatic rings. The molecule has 3 aromatic rings. The van der Waals surface area contributed by atoms with Crippen molar-refractivity contribution in [1.82, 2.24) is 25.3 Å². The lowest BCUT2D eigenvalue weighted by atomic mass is 10.1. The number of aryl methyl sites for hydroxylation is 1. The molecule has 168 valence electrons. The molecule has 1 saturated carbocycles. The highest BCUT2D eigenvalue weighted by Crippen LogP contribution is 2.28. The third kappa shape index (κ3) is 4.53. The Balaban J connectivity index is 1.37. The molecule has 1 aliphatic heterocycles. The second-order valence-corrected chi connectivity index (χ2v) is 8.61. The van der Waals surface area contributed by atoms with E-state index in [0.717, 1.165) is 67.3 Å². The molecule has 32 heavy (non-hydrogen) atoms. The van der Waals surface area contributed by atoms with Crippen LogP contribution in [-0.2, 0) is 4.74 Å². The number of aromatic nitrogens is 4. The molecule has 4 heterocycles. The van der Waals surface area contributed by atoms with Gasteiger partial charge in [-0.05, 0) is 43.5 Å². The number of morpholine rings is 1. The molecular weight excluding hydrogens is 404 g/mol. The van der Waals surface area contributed by atoms with Crippen LogP contribution in [0, 0.1) is 6.92 Å². The maximum Gasteiger partial charge on any atom is 0.156 e. The molecule has 8 nitrogen and oxygen atoms in total. The average molecular weight is 435 g/mol. The van der Waals surface area contributed by atoms with Crippen molar-refractivity contribution in [3.05, 3.63) is 48.2 Å². The zero-order chi connectivity index (χ0) is 21.9. The molecule has 0 aromatic carbocycles. The van der Waals surface area contributed by atoms with Crippen LogP contribution in [0.2, 0.25) is 0 Å². The van der Waals surface area contributed by atoms with Gasteiger partial charge < -0.3 is 19.7 Å². The standard InChI is InChI=1S/C24H30N6O2/c1-16-22(24(31)28-19-4-2-3-5-19)29-23(27-16)21-13-17(6-7-26-21)18-12-20(15-25-14-18)30-8-10-32-11-9-30/h6-7,12-15,19,24,28,31H,2-5,8-11H2,1H3,(H,27,29). The predicted molar refractivity (Wildman–Crippen MR) is 123 cm³/mol. The average Bonchev–Trinajstić information content (AvgIpc) is 3.49. The van der Waals surface area contributed by atoms with E-state index in [-0.39, 0.29) is 0 Å². The Kier molecular flexibility index (Phi) is 6.16. The Bertz CT molecular complexity index is 1060. The van der Waals surface area contributed by atoms with Crippen molar-refractivity contribution >= 4 is 5.69 Å². The Morgan fingerprint density at radius 2 is 1.97 bits per heavy atom. The molecule has 2 fully saturated rings. The number of aliphatic hydroxyl groups excluding tert-OH is 1. The number of aromatic amines is 1. The molecule has 3 aromatic heterocycles. The van der Waals surface area contributed by atoms with Crippen LogP contribution >= 0.6 is 0 Å². The van der Waals surface area contributed by atoms with Crippen LogP contribution in [0.5, 0.6) is 0 Å². The van der Waals surface area contributed by atoms with E-state index in [4.69, 9.17) is 4.74 Å². The van der Waals surface area contributed by atoms with E-state index in [1.807, 2.05) is 31.5 Å². The van der Waals surface area contributed by atoms with Gasteiger partial charge in [-0.1, -0.05) is 12.8 Å². The summed E-state index contributed by atoms with van der Waals surface area (Å²) in [5, 5.41) is 14.0. The van der Waals surface area contributed by atoms with E-state index in [2.05, 4.69) is 36.2 Å². The molecular formula is C24H30N6O2. The van der Waals surface area contributed by atoms with Gasteiger partial charge in [0.2, 0.25) is 0 Å². The number of ether oxygens (including phenoxy) is 1. The third-order valence-corrected chi connectivity index (χ3v) is 6.37. The second-order valence-electron chi connectivity index (χ2n) is 8.61. The lowest BCUT2D eigenvalue weighted by Crippen LogP contribution is -2.36. The normalized spacial score (nSPS) is 18.2. The van der Waals surface area contributed by atoms with Crippen molar-refractivity contribution in [3.8, 4) is 22.6 Å². The molecule has 1 saturated heterocycles. The van der Waals surface area contributed by atoms with Crippen molar-refractivity contribution in [3.63, 3.8) is 0 Å². The maximum atomic E-state index is 10.7. The quantitative estimate of drug-likeness (QED) is 0.512. The van der Waals surface area contributed by atoms with Crippen LogP contribution in [0.15, 0.2) is 36.8 Å². The minimum Gasteiger partial charge on any atom is -0.378 e. The van der Waals surface area contributed by atoms with Gasteiger partial charge >= 0.3 is 0 Å². The highest BCUT2D eigenvalue weighted by atomic mass is 16.5. The summed E-state index contributed by atoms with van der Waals surface area (Å²) in [6.45, 7) is 5.16. The van der Waals surface area contributed by atoms with Gasteiger partial charge in [-0.3, -0.25) is 15.3 Å². The first-order chi connectivity index (χ1) is 15.7. The summed E-state index contributed by atoms with van der Waals surface area (Å²) in [6, 6.07) is 6.51. The molecule has 0 spiro atoms. The lowest BCUT2D eigenvalue weighted by Gasteiger charge is -2.28. The van der Waals surface area contributed by atoms with E-state index < -0.39 is 6.23 Å². The smallest absolute Gasteiger partial charge is 0.156 e. The minimum absolute atomic E-state index is 0.359. The summed E-state index contributed by atoms with van der Waals surface area (Å²) in [5.74, 6) is 0.656. The van der Waals surface area contributed by atoms with Gasteiger partial charge in [0.05, 0.1) is 25.1 Å². The summed E-state index contributed by atoms with van der Waals surface area (Å²) < 4.78 is 5.46. The molecule has 0 radical (unpaired) electrons. The number of hydrogen-bond donors (Lipinski definition) is 3. The molecule has 3 N–H and O–H groups in total. The number of aliphatic hydroxyl groups is 1. The Labute approximate surface area is 188 Å². The number of H-pyrrole nitrogens is 1. The maximum absolute atomic E-state index is 10.7. The minimum atomic E-state index is -0.777. The molecule has 1 unspecified atom stereocenters. The third-order valence-electron chi connectivity index (χ3n) is 6.37. The first kappa shape index (κ1) is 21.1. The van der Waals surface area contributed by atoms with E-state index in [1.54, 1.807) is 6.20 Å². The Morgan fingerprint density at radius 3 is 2.78 bits per heavy atom. The molecule has 0 amide bonds. The molecule has 5 rings (SSSR count). The van der Waals surface area contributed by atoms with Gasteiger partial charge in [-0.25, -0.2) is 4.98 Å². The monoisotopic (exact) mass is 434 g/mol. The summed E-state index contributed by atoms with van der Waals surface area (Å²) in [5.41, 5.74) is 5.38. The van der Waals surface area contributed by atoms with Gasteiger partial charge in [-0.2, -0.15) is 0 Å².